The fraction of sp³-hybridized carbons (Fsp3) is 0.250. The number of anilines is 1. The molecule has 0 bridgehead atoms. The van der Waals surface area contributed by atoms with Gasteiger partial charge in [0.25, 0.3) is 0 Å². The van der Waals surface area contributed by atoms with Crippen molar-refractivity contribution < 1.29 is 0 Å². The molecule has 3 aromatic rings. The molecule has 4 heteroatoms. The van der Waals surface area contributed by atoms with Crippen LogP contribution in [0.15, 0.2) is 72.8 Å². The maximum Gasteiger partial charge on any atom is 0.163 e. The van der Waals surface area contributed by atoms with Crippen LogP contribution in [-0.4, -0.2) is 20.0 Å². The summed E-state index contributed by atoms with van der Waals surface area (Å²) in [7, 11) is 1.80. The molecular formula is C28H32BN3. The summed E-state index contributed by atoms with van der Waals surface area (Å²) in [5.41, 5.74) is 21.5. The molecule has 0 heterocycles. The number of nitrogens with two attached hydrogens (primary N) is 2. The highest BCUT2D eigenvalue weighted by molar-refractivity contribution is 6.64. The normalized spacial score (nSPS) is 14.5. The Hall–Kier alpha value is -3.11. The molecule has 5 N–H and O–H groups in total. The van der Waals surface area contributed by atoms with Crippen molar-refractivity contribution in [3.8, 4) is 0 Å². The van der Waals surface area contributed by atoms with Crippen LogP contribution in [-0.2, 0) is 6.42 Å². The monoisotopic (exact) mass is 421 g/mol. The molecule has 0 atom stereocenters. The average molecular weight is 421 g/mol. The summed E-state index contributed by atoms with van der Waals surface area (Å²) in [5, 5.41) is 8.21. The number of rotatable bonds is 8. The lowest BCUT2D eigenvalue weighted by atomic mass is 9.73. The zero-order valence-corrected chi connectivity index (χ0v) is 18.9. The maximum atomic E-state index is 8.21. The lowest BCUT2D eigenvalue weighted by Gasteiger charge is -2.32. The van der Waals surface area contributed by atoms with Crippen LogP contribution < -0.4 is 11.5 Å². The minimum atomic E-state index is 0.491. The first-order chi connectivity index (χ1) is 15.6. The largest absolute Gasteiger partial charge is 0.398 e. The Balaban J connectivity index is 1.93. The first-order valence-corrected chi connectivity index (χ1v) is 11.6. The van der Waals surface area contributed by atoms with Gasteiger partial charge in [-0.25, -0.2) is 0 Å². The highest BCUT2D eigenvalue weighted by Gasteiger charge is 2.27. The van der Waals surface area contributed by atoms with Crippen LogP contribution in [0.5, 0.6) is 0 Å². The molecule has 1 aliphatic carbocycles. The van der Waals surface area contributed by atoms with E-state index in [2.05, 4.69) is 66.7 Å². The van der Waals surface area contributed by atoms with Crippen LogP contribution in [0.3, 0.4) is 0 Å². The SMILES string of the molecule is BC(=N)c1cc(/C(=C(/c2ccccc2)C2CCC2)c2ccc(CCCN)cc2)ccc1N. The Bertz CT molecular complexity index is 1110. The van der Waals surface area contributed by atoms with Crippen LogP contribution in [0.4, 0.5) is 5.69 Å². The van der Waals surface area contributed by atoms with Crippen molar-refractivity contribution in [2.24, 2.45) is 11.7 Å². The summed E-state index contributed by atoms with van der Waals surface area (Å²) in [6.45, 7) is 0.712. The minimum absolute atomic E-state index is 0.491. The summed E-state index contributed by atoms with van der Waals surface area (Å²) in [6, 6.07) is 25.9. The fourth-order valence-electron chi connectivity index (χ4n) is 4.56. The molecule has 1 saturated carbocycles. The fourth-order valence-corrected chi connectivity index (χ4v) is 4.56. The van der Waals surface area contributed by atoms with Gasteiger partial charge in [0.1, 0.15) is 0 Å². The number of allylic oxidation sites excluding steroid dienone is 1. The number of nitrogens with one attached hydrogen (secondary N) is 1. The third-order valence-electron chi connectivity index (χ3n) is 6.53. The van der Waals surface area contributed by atoms with E-state index in [-0.39, 0.29) is 0 Å². The molecule has 0 unspecified atom stereocenters. The molecule has 1 aliphatic rings. The van der Waals surface area contributed by atoms with E-state index in [1.165, 1.54) is 47.1 Å². The number of benzene rings is 3. The van der Waals surface area contributed by atoms with Crippen molar-refractivity contribution in [2.75, 3.05) is 12.3 Å². The standard InChI is InChI=1S/C28H32BN3/c29-28(32)24-18-23(15-16-25(24)31)27(22-13-11-19(12-14-22)6-5-17-30)26(21-9-4-10-21)20-7-2-1-3-8-20/h1-3,7-8,11-16,18,21,32H,4-6,9-10,17,29-31H2/b27-26-,32-28?. The smallest absolute Gasteiger partial charge is 0.163 e. The summed E-state index contributed by atoms with van der Waals surface area (Å²) >= 11 is 0. The Morgan fingerprint density at radius 3 is 2.19 bits per heavy atom. The first kappa shape index (κ1) is 22.1. The van der Waals surface area contributed by atoms with E-state index in [1.807, 2.05) is 6.07 Å². The quantitative estimate of drug-likeness (QED) is 0.210. The molecular weight excluding hydrogens is 389 g/mol. The summed E-state index contributed by atoms with van der Waals surface area (Å²) in [6.07, 6.45) is 5.71. The summed E-state index contributed by atoms with van der Waals surface area (Å²) in [4.78, 5) is 0. The maximum absolute atomic E-state index is 8.21. The van der Waals surface area contributed by atoms with Gasteiger partial charge in [-0.3, -0.25) is 0 Å². The molecule has 0 aromatic heterocycles. The molecule has 162 valence electrons. The van der Waals surface area contributed by atoms with Gasteiger partial charge in [0, 0.05) is 11.3 Å². The van der Waals surface area contributed by atoms with E-state index < -0.39 is 0 Å². The van der Waals surface area contributed by atoms with Gasteiger partial charge in [0.2, 0.25) is 0 Å². The van der Waals surface area contributed by atoms with Gasteiger partial charge in [-0.05, 0) is 89.3 Å². The van der Waals surface area contributed by atoms with Crippen molar-refractivity contribution in [3.05, 3.63) is 101 Å². The van der Waals surface area contributed by atoms with Gasteiger partial charge >= 0.3 is 0 Å². The highest BCUT2D eigenvalue weighted by Crippen LogP contribution is 2.45. The number of hydrogen-bond acceptors (Lipinski definition) is 3. The van der Waals surface area contributed by atoms with Crippen LogP contribution in [0.1, 0.15) is 53.5 Å². The predicted octanol–water partition coefficient (Wildman–Crippen LogP) is 4.88. The van der Waals surface area contributed by atoms with E-state index in [0.29, 0.717) is 23.8 Å². The van der Waals surface area contributed by atoms with Crippen molar-refractivity contribution in [3.63, 3.8) is 0 Å². The topological polar surface area (TPSA) is 75.9 Å². The Labute approximate surface area is 192 Å². The Kier molecular flexibility index (Phi) is 6.91. The van der Waals surface area contributed by atoms with Crippen LogP contribution >= 0.6 is 0 Å². The van der Waals surface area contributed by atoms with Gasteiger partial charge in [0.15, 0.2) is 7.85 Å². The van der Waals surface area contributed by atoms with E-state index in [0.717, 1.165) is 24.0 Å². The first-order valence-electron chi connectivity index (χ1n) is 11.6. The van der Waals surface area contributed by atoms with Gasteiger partial charge in [-0.2, -0.15) is 0 Å². The zero-order valence-electron chi connectivity index (χ0n) is 18.9. The second-order valence-electron chi connectivity index (χ2n) is 8.80. The lowest BCUT2D eigenvalue weighted by molar-refractivity contribution is 0.401. The Morgan fingerprint density at radius 1 is 0.906 bits per heavy atom. The molecule has 4 rings (SSSR count). The summed E-state index contributed by atoms with van der Waals surface area (Å²) in [5.74, 6) is 0.548. The zero-order chi connectivity index (χ0) is 22.5. The van der Waals surface area contributed by atoms with Crippen molar-refractivity contribution in [1.82, 2.24) is 0 Å². The van der Waals surface area contributed by atoms with Gasteiger partial charge in [-0.1, -0.05) is 67.1 Å². The van der Waals surface area contributed by atoms with Crippen molar-refractivity contribution >= 4 is 30.3 Å². The van der Waals surface area contributed by atoms with E-state index in [1.54, 1.807) is 7.85 Å². The summed E-state index contributed by atoms with van der Waals surface area (Å²) < 4.78 is 0. The van der Waals surface area contributed by atoms with Crippen LogP contribution in [0.2, 0.25) is 0 Å². The molecule has 0 amide bonds. The number of aryl methyl sites for hydroxylation is 1. The molecule has 0 radical (unpaired) electrons. The molecule has 0 aliphatic heterocycles. The molecule has 32 heavy (non-hydrogen) atoms. The Morgan fingerprint density at radius 2 is 1.59 bits per heavy atom. The third kappa shape index (κ3) is 4.71. The highest BCUT2D eigenvalue weighted by atomic mass is 14.6. The molecule has 3 aromatic carbocycles. The third-order valence-corrected chi connectivity index (χ3v) is 6.53. The molecule has 3 nitrogen and oxygen atoms in total. The van der Waals surface area contributed by atoms with Crippen LogP contribution in [0.25, 0.3) is 11.1 Å². The van der Waals surface area contributed by atoms with Gasteiger partial charge in [0.05, 0.1) is 0 Å². The van der Waals surface area contributed by atoms with Crippen LogP contribution in [0, 0.1) is 11.3 Å². The van der Waals surface area contributed by atoms with Crippen molar-refractivity contribution in [2.45, 2.75) is 32.1 Å². The molecule has 0 saturated heterocycles. The molecule has 0 spiro atoms. The van der Waals surface area contributed by atoms with Gasteiger partial charge < -0.3 is 16.9 Å². The molecule has 1 fully saturated rings. The van der Waals surface area contributed by atoms with E-state index >= 15 is 0 Å². The number of nitrogen functional groups attached to an aromatic ring is 1. The van der Waals surface area contributed by atoms with E-state index in [4.69, 9.17) is 16.9 Å². The second-order valence-corrected chi connectivity index (χ2v) is 8.80. The minimum Gasteiger partial charge on any atom is -0.398 e. The lowest BCUT2D eigenvalue weighted by Crippen LogP contribution is -2.15. The van der Waals surface area contributed by atoms with Gasteiger partial charge in [-0.15, -0.1) is 0 Å². The predicted molar refractivity (Wildman–Crippen MR) is 140 cm³/mol. The van der Waals surface area contributed by atoms with E-state index in [9.17, 15) is 0 Å². The number of hydrogen-bond donors (Lipinski definition) is 3. The second kappa shape index (κ2) is 10.0. The van der Waals surface area contributed by atoms with Crippen molar-refractivity contribution in [1.29, 1.82) is 5.41 Å². The average Bonchev–Trinajstić information content (AvgIpc) is 2.78.